The molecule has 0 aliphatic heterocycles. The molecule has 0 saturated heterocycles. The van der Waals surface area contributed by atoms with E-state index < -0.39 is 41.1 Å². The molecule has 0 spiro atoms. The predicted molar refractivity (Wildman–Crippen MR) is 48.9 cm³/mol. The maximum atomic E-state index is 12.9. The third-order valence-electron chi connectivity index (χ3n) is 2.19. The number of hydrogen-bond acceptors (Lipinski definition) is 2. The summed E-state index contributed by atoms with van der Waals surface area (Å²) < 4.78 is 75.7. The molecule has 0 aliphatic rings. The first-order chi connectivity index (χ1) is 8.46. The number of alkyl halides is 5. The molecule has 0 bridgehead atoms. The summed E-state index contributed by atoms with van der Waals surface area (Å²) in [4.78, 5) is 10.2. The summed E-state index contributed by atoms with van der Waals surface area (Å²) >= 11 is 0. The summed E-state index contributed by atoms with van der Waals surface area (Å²) in [5.41, 5.74) is -2.79. The van der Waals surface area contributed by atoms with Crippen molar-refractivity contribution in [3.8, 4) is 0 Å². The Morgan fingerprint density at radius 2 is 1.63 bits per heavy atom. The highest BCUT2D eigenvalue weighted by molar-refractivity contribution is 5.76. The lowest BCUT2D eigenvalue weighted by Gasteiger charge is -2.19. The number of aliphatic hydroxyl groups is 1. The molecule has 0 aromatic heterocycles. The van der Waals surface area contributed by atoms with Crippen molar-refractivity contribution in [2.75, 3.05) is 0 Å². The molecule has 0 fully saturated rings. The van der Waals surface area contributed by atoms with Crippen LogP contribution in [0.3, 0.4) is 0 Å². The lowest BCUT2D eigenvalue weighted by atomic mass is 10.0. The Kier molecular flexibility index (Phi) is 3.80. The van der Waals surface area contributed by atoms with Gasteiger partial charge in [-0.2, -0.15) is 22.0 Å². The van der Waals surface area contributed by atoms with Gasteiger partial charge in [-0.15, -0.1) is 0 Å². The predicted octanol–water partition coefficient (Wildman–Crippen LogP) is 2.60. The van der Waals surface area contributed by atoms with Gasteiger partial charge in [0.15, 0.2) is 6.10 Å². The van der Waals surface area contributed by atoms with Crippen molar-refractivity contribution >= 4 is 5.97 Å². The lowest BCUT2D eigenvalue weighted by Crippen LogP contribution is -2.35. The molecule has 3 nitrogen and oxygen atoms in total. The van der Waals surface area contributed by atoms with Crippen LogP contribution in [0.4, 0.5) is 26.3 Å². The molecule has 2 N–H and O–H groups in total. The number of hydrogen-bond donors (Lipinski definition) is 2. The molecule has 1 aromatic rings. The second kappa shape index (κ2) is 4.72. The van der Waals surface area contributed by atoms with E-state index in [4.69, 9.17) is 10.2 Å². The van der Waals surface area contributed by atoms with Crippen molar-refractivity contribution < 1.29 is 41.4 Å². The summed E-state index contributed by atoms with van der Waals surface area (Å²) in [7, 11) is 0. The van der Waals surface area contributed by atoms with Gasteiger partial charge in [0, 0.05) is 0 Å². The van der Waals surface area contributed by atoms with Crippen molar-refractivity contribution in [2.24, 2.45) is 0 Å². The Balaban J connectivity index is 3.29. The SMILES string of the molecule is O=C(O)C(F)(F)C(O)c1cc(F)cc(C(F)(F)F)c1. The van der Waals surface area contributed by atoms with Crippen LogP contribution >= 0.6 is 0 Å². The number of aliphatic carboxylic acids is 1. The Hall–Kier alpha value is -1.77. The highest BCUT2D eigenvalue weighted by Crippen LogP contribution is 2.36. The van der Waals surface area contributed by atoms with Crippen molar-refractivity contribution in [1.82, 2.24) is 0 Å². The molecule has 1 rings (SSSR count). The van der Waals surface area contributed by atoms with Gasteiger partial charge in [-0.05, 0) is 23.8 Å². The Labute approximate surface area is 102 Å². The van der Waals surface area contributed by atoms with Gasteiger partial charge in [0.2, 0.25) is 0 Å². The summed E-state index contributed by atoms with van der Waals surface area (Å²) in [5.74, 6) is -9.00. The highest BCUT2D eigenvalue weighted by Gasteiger charge is 2.48. The maximum absolute atomic E-state index is 12.9. The van der Waals surface area contributed by atoms with Gasteiger partial charge in [0.05, 0.1) is 5.56 Å². The summed E-state index contributed by atoms with van der Waals surface area (Å²) in [6, 6.07) is 0.302. The van der Waals surface area contributed by atoms with E-state index in [-0.39, 0.29) is 18.2 Å². The zero-order valence-electron chi connectivity index (χ0n) is 8.88. The molecule has 19 heavy (non-hydrogen) atoms. The monoisotopic (exact) mass is 288 g/mol. The van der Waals surface area contributed by atoms with Crippen LogP contribution in [-0.4, -0.2) is 22.1 Å². The first-order valence-corrected chi connectivity index (χ1v) is 4.63. The van der Waals surface area contributed by atoms with Crippen molar-refractivity contribution in [2.45, 2.75) is 18.2 Å². The van der Waals surface area contributed by atoms with E-state index in [9.17, 15) is 31.1 Å². The van der Waals surface area contributed by atoms with Crippen molar-refractivity contribution in [3.63, 3.8) is 0 Å². The van der Waals surface area contributed by atoms with Crippen LogP contribution in [0.1, 0.15) is 17.2 Å². The smallest absolute Gasteiger partial charge is 0.416 e. The second-order valence-corrected chi connectivity index (χ2v) is 3.60. The zero-order valence-corrected chi connectivity index (χ0v) is 8.88. The molecule has 0 amide bonds. The molecular weight excluding hydrogens is 282 g/mol. The number of carboxylic acid groups (broad SMARTS) is 1. The van der Waals surface area contributed by atoms with Gasteiger partial charge in [-0.3, -0.25) is 0 Å². The maximum Gasteiger partial charge on any atom is 0.416 e. The molecule has 1 atom stereocenters. The van der Waals surface area contributed by atoms with Crippen LogP contribution in [0, 0.1) is 5.82 Å². The van der Waals surface area contributed by atoms with E-state index in [1.54, 1.807) is 0 Å². The minimum Gasteiger partial charge on any atom is -0.477 e. The number of halogens is 6. The average molecular weight is 288 g/mol. The molecule has 1 unspecified atom stereocenters. The van der Waals surface area contributed by atoms with Crippen LogP contribution in [0.5, 0.6) is 0 Å². The van der Waals surface area contributed by atoms with Gasteiger partial charge < -0.3 is 10.2 Å². The van der Waals surface area contributed by atoms with E-state index in [1.807, 2.05) is 0 Å². The van der Waals surface area contributed by atoms with Gasteiger partial charge in [-0.1, -0.05) is 0 Å². The average Bonchev–Trinajstić information content (AvgIpc) is 2.25. The van der Waals surface area contributed by atoms with Crippen LogP contribution in [0.2, 0.25) is 0 Å². The summed E-state index contributed by atoms with van der Waals surface area (Å²) in [6.45, 7) is 0. The highest BCUT2D eigenvalue weighted by atomic mass is 19.4. The Morgan fingerprint density at radius 1 is 1.11 bits per heavy atom. The fourth-order valence-electron chi connectivity index (χ4n) is 1.26. The largest absolute Gasteiger partial charge is 0.477 e. The Morgan fingerprint density at radius 3 is 2.05 bits per heavy atom. The molecule has 0 heterocycles. The second-order valence-electron chi connectivity index (χ2n) is 3.60. The number of carbonyl (C=O) groups is 1. The normalized spacial score (nSPS) is 14.3. The van der Waals surface area contributed by atoms with Crippen LogP contribution in [-0.2, 0) is 11.0 Å². The fraction of sp³-hybridized carbons (Fsp3) is 0.300. The molecule has 0 radical (unpaired) electrons. The molecule has 9 heteroatoms. The fourth-order valence-corrected chi connectivity index (χ4v) is 1.26. The quantitative estimate of drug-likeness (QED) is 0.840. The van der Waals surface area contributed by atoms with E-state index in [2.05, 4.69) is 0 Å². The van der Waals surface area contributed by atoms with E-state index >= 15 is 0 Å². The number of benzene rings is 1. The van der Waals surface area contributed by atoms with Crippen molar-refractivity contribution in [1.29, 1.82) is 0 Å². The van der Waals surface area contributed by atoms with Gasteiger partial charge in [-0.25, -0.2) is 9.18 Å². The van der Waals surface area contributed by atoms with Crippen LogP contribution in [0.25, 0.3) is 0 Å². The number of rotatable bonds is 3. The standard InChI is InChI=1S/C10H6F6O3/c11-6-2-4(1-5(3-6)10(14,15)16)7(17)9(12,13)8(18)19/h1-3,7,17H,(H,18,19). The molecule has 1 aromatic carbocycles. The lowest BCUT2D eigenvalue weighted by molar-refractivity contribution is -0.183. The van der Waals surface area contributed by atoms with E-state index in [0.717, 1.165) is 0 Å². The third-order valence-corrected chi connectivity index (χ3v) is 2.19. The van der Waals surface area contributed by atoms with Crippen LogP contribution < -0.4 is 0 Å². The zero-order chi connectivity index (χ0) is 15.0. The molecule has 0 saturated carbocycles. The molecule has 0 aliphatic carbocycles. The summed E-state index contributed by atoms with van der Waals surface area (Å²) in [5, 5.41) is 17.2. The van der Waals surface area contributed by atoms with Gasteiger partial charge in [0.1, 0.15) is 5.82 Å². The topological polar surface area (TPSA) is 57.5 Å². The minimum absolute atomic E-state index is 0.0368. The van der Waals surface area contributed by atoms with E-state index in [0.29, 0.717) is 0 Å². The van der Waals surface area contributed by atoms with Crippen molar-refractivity contribution in [3.05, 3.63) is 35.1 Å². The first-order valence-electron chi connectivity index (χ1n) is 4.63. The van der Waals surface area contributed by atoms with Gasteiger partial charge in [0.25, 0.3) is 0 Å². The van der Waals surface area contributed by atoms with Crippen LogP contribution in [0.15, 0.2) is 18.2 Å². The van der Waals surface area contributed by atoms with Gasteiger partial charge >= 0.3 is 18.1 Å². The Bertz CT molecular complexity index is 497. The molecular formula is C10H6F6O3. The number of aliphatic hydroxyl groups excluding tert-OH is 1. The van der Waals surface area contributed by atoms with E-state index in [1.165, 1.54) is 0 Å². The minimum atomic E-state index is -5.02. The first kappa shape index (κ1) is 15.3. The summed E-state index contributed by atoms with van der Waals surface area (Å²) in [6.07, 6.45) is -8.11. The number of carboxylic acids is 1. The molecule has 106 valence electrons. The third kappa shape index (κ3) is 3.16.